The van der Waals surface area contributed by atoms with E-state index in [-0.39, 0.29) is 11.1 Å². The average molecular weight is 228 g/mol. The summed E-state index contributed by atoms with van der Waals surface area (Å²) in [6, 6.07) is 8.00. The Morgan fingerprint density at radius 1 is 1.29 bits per heavy atom. The van der Waals surface area contributed by atoms with Crippen LogP contribution in [0, 0.1) is 0 Å². The number of rotatable bonds is 1. The second kappa shape index (κ2) is 3.21. The third kappa shape index (κ3) is 1.32. The van der Waals surface area contributed by atoms with Crippen molar-refractivity contribution in [2.24, 2.45) is 0 Å². The number of nitrogens with zero attached hydrogens (tertiary/aromatic N) is 1. The standard InChI is InChI=1S/C12H8N2O3/c15-11-8-6-7(12(16)17)3-4-9(8)13-10-2-1-5-14(10)11/h1-6,13H,(H,16,17). The normalized spacial score (nSPS) is 11.1. The number of hydrogen-bond acceptors (Lipinski definition) is 2. The van der Waals surface area contributed by atoms with E-state index in [1.807, 2.05) is 0 Å². The zero-order chi connectivity index (χ0) is 12.0. The van der Waals surface area contributed by atoms with Gasteiger partial charge in [-0.2, -0.15) is 0 Å². The summed E-state index contributed by atoms with van der Waals surface area (Å²) >= 11 is 0. The van der Waals surface area contributed by atoms with Crippen LogP contribution in [0.2, 0.25) is 0 Å². The second-order valence-corrected chi connectivity index (χ2v) is 3.76. The van der Waals surface area contributed by atoms with Gasteiger partial charge in [-0.1, -0.05) is 0 Å². The lowest BCUT2D eigenvalue weighted by Crippen LogP contribution is -2.13. The van der Waals surface area contributed by atoms with Crippen molar-refractivity contribution in [1.82, 2.24) is 9.38 Å². The molecule has 1 aromatic carbocycles. The van der Waals surface area contributed by atoms with E-state index in [1.54, 1.807) is 24.4 Å². The largest absolute Gasteiger partial charge is 0.478 e. The Morgan fingerprint density at radius 3 is 2.88 bits per heavy atom. The van der Waals surface area contributed by atoms with E-state index in [9.17, 15) is 9.59 Å². The number of carboxylic acid groups (broad SMARTS) is 1. The predicted molar refractivity (Wildman–Crippen MR) is 62.5 cm³/mol. The Morgan fingerprint density at radius 2 is 2.12 bits per heavy atom. The number of hydrogen-bond donors (Lipinski definition) is 2. The molecular formula is C12H8N2O3. The molecule has 2 N–H and O–H groups in total. The molecule has 0 aliphatic heterocycles. The van der Waals surface area contributed by atoms with E-state index in [0.717, 1.165) is 0 Å². The van der Waals surface area contributed by atoms with Crippen molar-refractivity contribution in [1.29, 1.82) is 0 Å². The lowest BCUT2D eigenvalue weighted by atomic mass is 10.1. The number of aromatic nitrogens is 2. The highest BCUT2D eigenvalue weighted by molar-refractivity contribution is 5.93. The molecule has 0 unspecified atom stereocenters. The topological polar surface area (TPSA) is 74.6 Å². The molecule has 0 fully saturated rings. The van der Waals surface area contributed by atoms with Crippen molar-refractivity contribution >= 4 is 22.5 Å². The van der Waals surface area contributed by atoms with Gasteiger partial charge in [-0.15, -0.1) is 0 Å². The van der Waals surface area contributed by atoms with Crippen LogP contribution < -0.4 is 5.56 Å². The number of H-pyrrole nitrogens is 1. The van der Waals surface area contributed by atoms with Crippen molar-refractivity contribution in [2.45, 2.75) is 0 Å². The smallest absolute Gasteiger partial charge is 0.335 e. The van der Waals surface area contributed by atoms with Crippen molar-refractivity contribution in [3.63, 3.8) is 0 Å². The molecule has 0 aliphatic rings. The van der Waals surface area contributed by atoms with Crippen LogP contribution in [-0.2, 0) is 0 Å². The Kier molecular flexibility index (Phi) is 1.82. The van der Waals surface area contributed by atoms with Crippen LogP contribution in [-0.4, -0.2) is 20.5 Å². The molecule has 0 saturated heterocycles. The summed E-state index contributed by atoms with van der Waals surface area (Å²) < 4.78 is 1.45. The number of benzene rings is 1. The van der Waals surface area contributed by atoms with Gasteiger partial charge in [0, 0.05) is 6.20 Å². The molecular weight excluding hydrogens is 220 g/mol. The Hall–Kier alpha value is -2.56. The molecule has 0 aliphatic carbocycles. The molecule has 5 heteroatoms. The molecule has 0 atom stereocenters. The Labute approximate surface area is 94.9 Å². The molecule has 17 heavy (non-hydrogen) atoms. The first-order valence-electron chi connectivity index (χ1n) is 5.03. The van der Waals surface area contributed by atoms with E-state index >= 15 is 0 Å². The summed E-state index contributed by atoms with van der Waals surface area (Å²) in [4.78, 5) is 26.0. The first-order valence-corrected chi connectivity index (χ1v) is 5.03. The lowest BCUT2D eigenvalue weighted by Gasteiger charge is -2.02. The minimum atomic E-state index is -1.04. The zero-order valence-electron chi connectivity index (χ0n) is 8.68. The van der Waals surface area contributed by atoms with E-state index < -0.39 is 5.97 Å². The zero-order valence-corrected chi connectivity index (χ0v) is 8.68. The molecule has 0 saturated carbocycles. The van der Waals surface area contributed by atoms with Crippen LogP contribution in [0.1, 0.15) is 10.4 Å². The second-order valence-electron chi connectivity index (χ2n) is 3.76. The van der Waals surface area contributed by atoms with Gasteiger partial charge >= 0.3 is 5.97 Å². The molecule has 0 radical (unpaired) electrons. The average Bonchev–Trinajstić information content (AvgIpc) is 2.77. The maximum absolute atomic E-state index is 12.1. The lowest BCUT2D eigenvalue weighted by molar-refractivity contribution is 0.0697. The number of carboxylic acids is 1. The number of carbonyl (C=O) groups is 1. The van der Waals surface area contributed by atoms with Gasteiger partial charge in [0.15, 0.2) is 0 Å². The summed E-state index contributed by atoms with van der Waals surface area (Å²) in [5.41, 5.74) is 1.20. The summed E-state index contributed by atoms with van der Waals surface area (Å²) in [5.74, 6) is -1.04. The first kappa shape index (κ1) is 9.65. The monoisotopic (exact) mass is 228 g/mol. The van der Waals surface area contributed by atoms with Crippen LogP contribution in [0.4, 0.5) is 0 Å². The van der Waals surface area contributed by atoms with Crippen LogP contribution in [0.3, 0.4) is 0 Å². The molecule has 0 spiro atoms. The highest BCUT2D eigenvalue weighted by Gasteiger charge is 2.08. The van der Waals surface area contributed by atoms with Gasteiger partial charge in [-0.05, 0) is 30.3 Å². The predicted octanol–water partition coefficient (Wildman–Crippen LogP) is 1.48. The highest BCUT2D eigenvalue weighted by Crippen LogP contribution is 2.12. The quantitative estimate of drug-likeness (QED) is 0.662. The highest BCUT2D eigenvalue weighted by atomic mass is 16.4. The van der Waals surface area contributed by atoms with E-state index in [1.165, 1.54) is 16.5 Å². The van der Waals surface area contributed by atoms with Gasteiger partial charge in [-0.3, -0.25) is 9.20 Å². The molecule has 2 aromatic heterocycles. The molecule has 3 rings (SSSR count). The molecule has 5 nitrogen and oxygen atoms in total. The first-order chi connectivity index (χ1) is 8.16. The number of nitrogens with one attached hydrogen (secondary N) is 1. The summed E-state index contributed by atoms with van der Waals surface area (Å²) in [5, 5.41) is 9.26. The van der Waals surface area contributed by atoms with Crippen LogP contribution >= 0.6 is 0 Å². The van der Waals surface area contributed by atoms with Crippen molar-refractivity contribution in [2.75, 3.05) is 0 Å². The van der Waals surface area contributed by atoms with Gasteiger partial charge in [0.25, 0.3) is 5.56 Å². The Bertz CT molecular complexity index is 798. The van der Waals surface area contributed by atoms with Crippen molar-refractivity contribution in [3.8, 4) is 0 Å². The third-order valence-electron chi connectivity index (χ3n) is 2.73. The summed E-state index contributed by atoms with van der Waals surface area (Å²) in [6.07, 6.45) is 1.64. The maximum Gasteiger partial charge on any atom is 0.335 e. The fraction of sp³-hybridized carbons (Fsp3) is 0. The SMILES string of the molecule is O=C(O)c1ccc2[nH]c3cccn3c(=O)c2c1. The summed E-state index contributed by atoms with van der Waals surface area (Å²) in [6.45, 7) is 0. The third-order valence-corrected chi connectivity index (χ3v) is 2.73. The summed E-state index contributed by atoms with van der Waals surface area (Å²) in [7, 11) is 0. The number of aromatic amines is 1. The van der Waals surface area contributed by atoms with Crippen LogP contribution in [0.5, 0.6) is 0 Å². The van der Waals surface area contributed by atoms with Crippen LogP contribution in [0.25, 0.3) is 16.6 Å². The Balaban J connectivity index is 2.50. The maximum atomic E-state index is 12.1. The van der Waals surface area contributed by atoms with Gasteiger partial charge in [-0.25, -0.2) is 4.79 Å². The van der Waals surface area contributed by atoms with E-state index in [0.29, 0.717) is 16.6 Å². The van der Waals surface area contributed by atoms with E-state index in [2.05, 4.69) is 4.98 Å². The van der Waals surface area contributed by atoms with Gasteiger partial charge in [0.1, 0.15) is 5.65 Å². The van der Waals surface area contributed by atoms with E-state index in [4.69, 9.17) is 5.11 Å². The van der Waals surface area contributed by atoms with Gasteiger partial charge < -0.3 is 10.1 Å². The molecule has 2 heterocycles. The van der Waals surface area contributed by atoms with Crippen molar-refractivity contribution in [3.05, 3.63) is 52.4 Å². The molecule has 84 valence electrons. The molecule has 0 bridgehead atoms. The number of fused-ring (bicyclic) bond motifs is 2. The fourth-order valence-corrected chi connectivity index (χ4v) is 1.89. The van der Waals surface area contributed by atoms with Gasteiger partial charge in [0.2, 0.25) is 0 Å². The van der Waals surface area contributed by atoms with Gasteiger partial charge in [0.05, 0.1) is 16.5 Å². The molecule has 3 aromatic rings. The van der Waals surface area contributed by atoms with Crippen LogP contribution in [0.15, 0.2) is 41.3 Å². The fourth-order valence-electron chi connectivity index (χ4n) is 1.89. The minimum Gasteiger partial charge on any atom is -0.478 e. The minimum absolute atomic E-state index is 0.106. The van der Waals surface area contributed by atoms with Crippen molar-refractivity contribution < 1.29 is 9.90 Å². The number of aromatic carboxylic acids is 1. The molecule has 0 amide bonds.